The highest BCUT2D eigenvalue weighted by molar-refractivity contribution is 5.81. The number of carbonyl (C=O) groups is 1. The summed E-state index contributed by atoms with van der Waals surface area (Å²) in [7, 11) is 0. The predicted octanol–water partition coefficient (Wildman–Crippen LogP) is 0.797. The highest BCUT2D eigenvalue weighted by Gasteiger charge is 2.34. The molecule has 1 saturated heterocycles. The minimum Gasteiger partial charge on any atom is -0.396 e. The fourth-order valence-electron chi connectivity index (χ4n) is 2.99. The quantitative estimate of drug-likeness (QED) is 0.681. The van der Waals surface area contributed by atoms with Crippen LogP contribution in [0.4, 0.5) is 0 Å². The van der Waals surface area contributed by atoms with Crippen LogP contribution in [0.25, 0.3) is 0 Å². The highest BCUT2D eigenvalue weighted by Crippen LogP contribution is 2.37. The molecule has 4 heteroatoms. The van der Waals surface area contributed by atoms with Crippen molar-refractivity contribution in [3.63, 3.8) is 0 Å². The van der Waals surface area contributed by atoms with E-state index >= 15 is 0 Å². The third-order valence-corrected chi connectivity index (χ3v) is 4.26. The fraction of sp³-hybridized carbons (Fsp3) is 0.923. The molecule has 1 saturated carbocycles. The number of nitrogens with one attached hydrogen (secondary N) is 2. The van der Waals surface area contributed by atoms with E-state index in [1.165, 1.54) is 12.8 Å². The van der Waals surface area contributed by atoms with E-state index in [0.717, 1.165) is 45.2 Å². The van der Waals surface area contributed by atoms with Gasteiger partial charge in [-0.2, -0.15) is 0 Å². The van der Waals surface area contributed by atoms with Crippen LogP contribution in [0.2, 0.25) is 0 Å². The van der Waals surface area contributed by atoms with Crippen molar-refractivity contribution in [3.8, 4) is 0 Å². The Morgan fingerprint density at radius 2 is 2.06 bits per heavy atom. The number of amides is 1. The van der Waals surface area contributed by atoms with Crippen LogP contribution in [-0.2, 0) is 4.79 Å². The number of aliphatic hydroxyl groups excluding tert-OH is 1. The van der Waals surface area contributed by atoms with Crippen molar-refractivity contribution in [1.29, 1.82) is 0 Å². The van der Waals surface area contributed by atoms with E-state index < -0.39 is 0 Å². The Morgan fingerprint density at radius 3 is 2.76 bits per heavy atom. The van der Waals surface area contributed by atoms with Gasteiger partial charge in [0.15, 0.2) is 0 Å². The summed E-state index contributed by atoms with van der Waals surface area (Å²) in [5.74, 6) is 0.133. The van der Waals surface area contributed by atoms with E-state index in [1.54, 1.807) is 0 Å². The Labute approximate surface area is 103 Å². The van der Waals surface area contributed by atoms with E-state index in [2.05, 4.69) is 10.6 Å². The van der Waals surface area contributed by atoms with Crippen molar-refractivity contribution < 1.29 is 9.90 Å². The van der Waals surface area contributed by atoms with Gasteiger partial charge in [-0.1, -0.05) is 12.8 Å². The normalized spacial score (nSPS) is 28.8. The van der Waals surface area contributed by atoms with Gasteiger partial charge >= 0.3 is 0 Å². The van der Waals surface area contributed by atoms with Gasteiger partial charge in [0.1, 0.15) is 0 Å². The molecule has 2 aliphatic rings. The molecule has 4 nitrogen and oxygen atoms in total. The molecule has 2 rings (SSSR count). The van der Waals surface area contributed by atoms with E-state index in [9.17, 15) is 9.90 Å². The van der Waals surface area contributed by atoms with Crippen LogP contribution in [0.15, 0.2) is 0 Å². The smallest absolute Gasteiger partial charge is 0.237 e. The van der Waals surface area contributed by atoms with Crippen LogP contribution < -0.4 is 10.6 Å². The minimum absolute atomic E-state index is 0.0343. The molecule has 1 heterocycles. The van der Waals surface area contributed by atoms with Crippen molar-refractivity contribution in [2.75, 3.05) is 19.7 Å². The molecule has 1 aliphatic heterocycles. The second-order valence-corrected chi connectivity index (χ2v) is 5.59. The Balaban J connectivity index is 1.85. The molecule has 3 N–H and O–H groups in total. The molecule has 0 bridgehead atoms. The van der Waals surface area contributed by atoms with Gasteiger partial charge in [0, 0.05) is 25.1 Å². The monoisotopic (exact) mass is 240 g/mol. The summed E-state index contributed by atoms with van der Waals surface area (Å²) >= 11 is 0. The first kappa shape index (κ1) is 12.8. The van der Waals surface area contributed by atoms with Gasteiger partial charge < -0.3 is 15.7 Å². The average molecular weight is 240 g/mol. The van der Waals surface area contributed by atoms with Gasteiger partial charge in [0.25, 0.3) is 0 Å². The van der Waals surface area contributed by atoms with Crippen LogP contribution in [-0.4, -0.2) is 36.8 Å². The lowest BCUT2D eigenvalue weighted by molar-refractivity contribution is -0.123. The maximum atomic E-state index is 11.8. The molecule has 98 valence electrons. The summed E-state index contributed by atoms with van der Waals surface area (Å²) in [6, 6.07) is -0.0541. The zero-order valence-corrected chi connectivity index (χ0v) is 10.5. The molecule has 17 heavy (non-hydrogen) atoms. The van der Waals surface area contributed by atoms with Crippen LogP contribution >= 0.6 is 0 Å². The number of aliphatic hydroxyl groups is 1. The van der Waals surface area contributed by atoms with Gasteiger partial charge in [-0.15, -0.1) is 0 Å². The lowest BCUT2D eigenvalue weighted by atomic mass is 9.87. The molecule has 0 spiro atoms. The lowest BCUT2D eigenvalue weighted by Gasteiger charge is -2.29. The van der Waals surface area contributed by atoms with Gasteiger partial charge in [0.2, 0.25) is 5.91 Å². The number of carbonyl (C=O) groups excluding carboxylic acids is 1. The largest absolute Gasteiger partial charge is 0.396 e. The second kappa shape index (κ2) is 5.83. The zero-order valence-electron chi connectivity index (χ0n) is 10.5. The molecule has 0 radical (unpaired) electrons. The van der Waals surface area contributed by atoms with Crippen LogP contribution in [0.5, 0.6) is 0 Å². The van der Waals surface area contributed by atoms with Crippen molar-refractivity contribution >= 4 is 5.91 Å². The van der Waals surface area contributed by atoms with E-state index in [1.807, 2.05) is 0 Å². The highest BCUT2D eigenvalue weighted by atomic mass is 16.3. The maximum Gasteiger partial charge on any atom is 0.237 e. The van der Waals surface area contributed by atoms with Gasteiger partial charge in [-0.25, -0.2) is 0 Å². The zero-order chi connectivity index (χ0) is 12.1. The Kier molecular flexibility index (Phi) is 4.40. The van der Waals surface area contributed by atoms with Gasteiger partial charge in [-0.3, -0.25) is 4.79 Å². The molecular formula is C13H24N2O2. The molecule has 0 aromatic carbocycles. The van der Waals surface area contributed by atoms with Crippen LogP contribution in [0.3, 0.4) is 0 Å². The Morgan fingerprint density at radius 1 is 1.29 bits per heavy atom. The van der Waals surface area contributed by atoms with Crippen molar-refractivity contribution in [1.82, 2.24) is 10.6 Å². The average Bonchev–Trinajstić information content (AvgIpc) is 2.72. The Hall–Kier alpha value is -0.610. The standard InChI is InChI=1S/C13H24N2O2/c16-10-13(6-2-3-7-13)9-15-11-5-1-4-8-14-12(11)17/h11,15-16H,1-10H2,(H,14,17). The third kappa shape index (κ3) is 3.19. The first-order chi connectivity index (χ1) is 8.26. The van der Waals surface area contributed by atoms with Crippen LogP contribution in [0.1, 0.15) is 44.9 Å². The summed E-state index contributed by atoms with van der Waals surface area (Å²) in [6.45, 7) is 1.83. The summed E-state index contributed by atoms with van der Waals surface area (Å²) in [6.07, 6.45) is 7.69. The first-order valence-electron chi connectivity index (χ1n) is 6.88. The Bertz CT molecular complexity index is 262. The summed E-state index contributed by atoms with van der Waals surface area (Å²) in [4.78, 5) is 11.8. The molecule has 2 fully saturated rings. The summed E-state index contributed by atoms with van der Waals surface area (Å²) < 4.78 is 0. The second-order valence-electron chi connectivity index (χ2n) is 5.59. The molecule has 1 atom stereocenters. The maximum absolute atomic E-state index is 11.8. The molecule has 1 amide bonds. The van der Waals surface area contributed by atoms with E-state index in [0.29, 0.717) is 0 Å². The molecule has 0 aromatic rings. The number of rotatable bonds is 4. The molecule has 1 aliphatic carbocycles. The lowest BCUT2D eigenvalue weighted by Crippen LogP contribution is -2.47. The third-order valence-electron chi connectivity index (χ3n) is 4.26. The number of hydrogen-bond acceptors (Lipinski definition) is 3. The summed E-state index contributed by atoms with van der Waals surface area (Å²) in [5.41, 5.74) is 0.0343. The van der Waals surface area contributed by atoms with Crippen molar-refractivity contribution in [2.45, 2.75) is 51.0 Å². The van der Waals surface area contributed by atoms with Gasteiger partial charge in [0.05, 0.1) is 6.04 Å². The van der Waals surface area contributed by atoms with E-state index in [4.69, 9.17) is 0 Å². The summed E-state index contributed by atoms with van der Waals surface area (Å²) in [5, 5.41) is 15.8. The van der Waals surface area contributed by atoms with Gasteiger partial charge in [-0.05, 0) is 32.1 Å². The topological polar surface area (TPSA) is 61.4 Å². The molecule has 1 unspecified atom stereocenters. The van der Waals surface area contributed by atoms with Crippen molar-refractivity contribution in [3.05, 3.63) is 0 Å². The van der Waals surface area contributed by atoms with Crippen LogP contribution in [0, 0.1) is 5.41 Å². The number of hydrogen-bond donors (Lipinski definition) is 3. The first-order valence-corrected chi connectivity index (χ1v) is 6.88. The fourth-order valence-corrected chi connectivity index (χ4v) is 2.99. The predicted molar refractivity (Wildman–Crippen MR) is 66.6 cm³/mol. The SMILES string of the molecule is O=C1NCCCCC1NCC1(CO)CCCC1. The molecular weight excluding hydrogens is 216 g/mol. The minimum atomic E-state index is -0.0541. The van der Waals surface area contributed by atoms with E-state index in [-0.39, 0.29) is 24.0 Å². The van der Waals surface area contributed by atoms with Crippen molar-refractivity contribution in [2.24, 2.45) is 5.41 Å². The molecule has 0 aromatic heterocycles.